The summed E-state index contributed by atoms with van der Waals surface area (Å²) in [4.78, 5) is 12.6. The number of rotatable bonds is 5. The summed E-state index contributed by atoms with van der Waals surface area (Å²) in [6.07, 6.45) is -0.974. The number of benzene rings is 2. The van der Waals surface area contributed by atoms with Gasteiger partial charge in [-0.25, -0.2) is 8.78 Å². The van der Waals surface area contributed by atoms with Crippen LogP contribution in [0.25, 0.3) is 0 Å². The molecule has 2 atom stereocenters. The molecule has 0 bridgehead atoms. The highest BCUT2D eigenvalue weighted by molar-refractivity contribution is 5.87. The molecule has 24 heavy (non-hydrogen) atoms. The lowest BCUT2D eigenvalue weighted by Crippen LogP contribution is -2.46. The molecule has 2 N–H and O–H groups in total. The highest BCUT2D eigenvalue weighted by Crippen LogP contribution is 2.25. The van der Waals surface area contributed by atoms with Crippen LogP contribution in [-0.2, 0) is 10.2 Å². The van der Waals surface area contributed by atoms with Crippen molar-refractivity contribution >= 4 is 5.91 Å². The normalized spacial score (nSPS) is 14.1. The van der Waals surface area contributed by atoms with Gasteiger partial charge in [0.1, 0.15) is 11.6 Å². The van der Waals surface area contributed by atoms with Crippen molar-refractivity contribution in [3.05, 3.63) is 71.3 Å². The van der Waals surface area contributed by atoms with Crippen molar-refractivity contribution in [2.45, 2.75) is 38.3 Å². The van der Waals surface area contributed by atoms with Gasteiger partial charge in [0.25, 0.3) is 0 Å². The van der Waals surface area contributed by atoms with Crippen LogP contribution >= 0.6 is 0 Å². The van der Waals surface area contributed by atoms with Gasteiger partial charge in [0.15, 0.2) is 0 Å². The third-order valence-corrected chi connectivity index (χ3v) is 4.16. The first-order chi connectivity index (χ1) is 11.2. The second kappa shape index (κ2) is 7.09. The maximum absolute atomic E-state index is 13.4. The number of hydrogen-bond acceptors (Lipinski definition) is 2. The van der Waals surface area contributed by atoms with Crippen LogP contribution in [0.15, 0.2) is 48.5 Å². The number of amides is 1. The fourth-order valence-corrected chi connectivity index (χ4v) is 2.42. The van der Waals surface area contributed by atoms with Crippen molar-refractivity contribution < 1.29 is 18.7 Å². The van der Waals surface area contributed by atoms with Crippen molar-refractivity contribution in [3.8, 4) is 0 Å². The first kappa shape index (κ1) is 18.1. The molecule has 3 nitrogen and oxygen atoms in total. The van der Waals surface area contributed by atoms with Gasteiger partial charge in [0, 0.05) is 0 Å². The minimum Gasteiger partial charge on any atom is -0.386 e. The molecule has 0 radical (unpaired) electrons. The lowest BCUT2D eigenvalue weighted by molar-refractivity contribution is -0.127. The molecule has 0 aliphatic carbocycles. The van der Waals surface area contributed by atoms with E-state index in [0.29, 0.717) is 11.1 Å². The Morgan fingerprint density at radius 1 is 1.08 bits per heavy atom. The van der Waals surface area contributed by atoms with Crippen LogP contribution in [-0.4, -0.2) is 17.1 Å². The molecule has 0 heterocycles. The Hall–Kier alpha value is -2.27. The predicted molar refractivity (Wildman–Crippen MR) is 88.4 cm³/mol. The average Bonchev–Trinajstić information content (AvgIpc) is 2.54. The quantitative estimate of drug-likeness (QED) is 0.880. The van der Waals surface area contributed by atoms with E-state index < -0.39 is 29.2 Å². The predicted octanol–water partition coefficient (Wildman–Crippen LogP) is 3.48. The van der Waals surface area contributed by atoms with Crippen LogP contribution in [0.4, 0.5) is 8.78 Å². The number of carbonyl (C=O) groups excluding carboxylic acids is 1. The van der Waals surface area contributed by atoms with Gasteiger partial charge in [-0.2, -0.15) is 0 Å². The van der Waals surface area contributed by atoms with Crippen molar-refractivity contribution in [3.63, 3.8) is 0 Å². The van der Waals surface area contributed by atoms with Gasteiger partial charge in [0.2, 0.25) is 5.91 Å². The largest absolute Gasteiger partial charge is 0.386 e. The van der Waals surface area contributed by atoms with Gasteiger partial charge in [0.05, 0.1) is 17.6 Å². The Balaban J connectivity index is 2.11. The minimum atomic E-state index is -0.974. The topological polar surface area (TPSA) is 49.3 Å². The molecule has 1 amide bonds. The third kappa shape index (κ3) is 3.97. The maximum atomic E-state index is 13.4. The summed E-state index contributed by atoms with van der Waals surface area (Å²) < 4.78 is 26.4. The van der Waals surface area contributed by atoms with Gasteiger partial charge in [-0.1, -0.05) is 24.3 Å². The van der Waals surface area contributed by atoms with Crippen molar-refractivity contribution in [2.24, 2.45) is 0 Å². The van der Waals surface area contributed by atoms with E-state index in [-0.39, 0.29) is 5.91 Å². The minimum absolute atomic E-state index is 0.332. The lowest BCUT2D eigenvalue weighted by atomic mass is 9.83. The summed E-state index contributed by atoms with van der Waals surface area (Å²) >= 11 is 0. The standard InChI is InChI=1S/C19H21F2NO2/c1-12(17(23)13-7-9-15(20)10-8-13)22-18(24)19(2,3)14-5-4-6-16(21)11-14/h4-12,17,23H,1-3H3,(H,22,24). The Bertz CT molecular complexity index is 714. The first-order valence-corrected chi connectivity index (χ1v) is 7.72. The van der Waals surface area contributed by atoms with Crippen LogP contribution in [0.2, 0.25) is 0 Å². The Morgan fingerprint density at radius 3 is 2.29 bits per heavy atom. The smallest absolute Gasteiger partial charge is 0.230 e. The summed E-state index contributed by atoms with van der Waals surface area (Å²) in [7, 11) is 0. The second-order valence-electron chi connectivity index (χ2n) is 6.39. The van der Waals surface area contributed by atoms with Gasteiger partial charge >= 0.3 is 0 Å². The number of halogens is 2. The number of aliphatic hydroxyl groups is 1. The molecule has 0 fully saturated rings. The number of carbonyl (C=O) groups is 1. The zero-order chi connectivity index (χ0) is 17.9. The summed E-state index contributed by atoms with van der Waals surface area (Å²) in [5, 5.41) is 13.1. The van der Waals surface area contributed by atoms with Gasteiger partial charge in [-0.3, -0.25) is 4.79 Å². The molecule has 0 aliphatic rings. The summed E-state index contributed by atoms with van der Waals surface area (Å²) in [5.41, 5.74) is 0.0926. The second-order valence-corrected chi connectivity index (χ2v) is 6.39. The van der Waals surface area contributed by atoms with Crippen LogP contribution in [0.1, 0.15) is 38.0 Å². The van der Waals surface area contributed by atoms with Crippen molar-refractivity contribution in [1.29, 1.82) is 0 Å². The lowest BCUT2D eigenvalue weighted by Gasteiger charge is -2.28. The molecule has 2 aromatic carbocycles. The number of nitrogens with one attached hydrogen (secondary N) is 1. The molecule has 2 aromatic rings. The highest BCUT2D eigenvalue weighted by Gasteiger charge is 2.32. The van der Waals surface area contributed by atoms with E-state index in [0.717, 1.165) is 0 Å². The molecule has 0 spiro atoms. The SMILES string of the molecule is CC(NC(=O)C(C)(C)c1cccc(F)c1)C(O)c1ccc(F)cc1. The Morgan fingerprint density at radius 2 is 1.71 bits per heavy atom. The molecule has 128 valence electrons. The number of hydrogen-bond donors (Lipinski definition) is 2. The van der Waals surface area contributed by atoms with E-state index in [1.807, 2.05) is 0 Å². The van der Waals surface area contributed by atoms with E-state index in [9.17, 15) is 18.7 Å². The van der Waals surface area contributed by atoms with Crippen LogP contribution in [0.3, 0.4) is 0 Å². The van der Waals surface area contributed by atoms with E-state index in [2.05, 4.69) is 5.32 Å². The molecule has 0 aromatic heterocycles. The summed E-state index contributed by atoms with van der Waals surface area (Å²) in [6.45, 7) is 5.04. The number of aliphatic hydroxyl groups excluding tert-OH is 1. The molecule has 0 saturated heterocycles. The fraction of sp³-hybridized carbons (Fsp3) is 0.316. The van der Waals surface area contributed by atoms with Crippen molar-refractivity contribution in [1.82, 2.24) is 5.32 Å². The van der Waals surface area contributed by atoms with Crippen LogP contribution < -0.4 is 5.32 Å². The van der Waals surface area contributed by atoms with Crippen molar-refractivity contribution in [2.75, 3.05) is 0 Å². The van der Waals surface area contributed by atoms with Gasteiger partial charge in [-0.15, -0.1) is 0 Å². The van der Waals surface area contributed by atoms with E-state index >= 15 is 0 Å². The Kier molecular flexibility index (Phi) is 5.34. The van der Waals surface area contributed by atoms with E-state index in [4.69, 9.17) is 0 Å². The maximum Gasteiger partial charge on any atom is 0.230 e. The summed E-state index contributed by atoms with van der Waals surface area (Å²) in [5.74, 6) is -1.13. The summed E-state index contributed by atoms with van der Waals surface area (Å²) in [6, 6.07) is 10.7. The van der Waals surface area contributed by atoms with Crippen LogP contribution in [0.5, 0.6) is 0 Å². The molecule has 2 rings (SSSR count). The zero-order valence-corrected chi connectivity index (χ0v) is 13.9. The molecular formula is C19H21F2NO2. The monoisotopic (exact) mass is 333 g/mol. The van der Waals surface area contributed by atoms with E-state index in [1.54, 1.807) is 32.9 Å². The first-order valence-electron chi connectivity index (χ1n) is 7.72. The zero-order valence-electron chi connectivity index (χ0n) is 13.9. The van der Waals surface area contributed by atoms with Gasteiger partial charge < -0.3 is 10.4 Å². The van der Waals surface area contributed by atoms with Crippen LogP contribution in [0, 0.1) is 11.6 Å². The van der Waals surface area contributed by atoms with Gasteiger partial charge in [-0.05, 0) is 56.2 Å². The van der Waals surface area contributed by atoms with E-state index in [1.165, 1.54) is 36.4 Å². The average molecular weight is 333 g/mol. The molecule has 0 saturated carbocycles. The third-order valence-electron chi connectivity index (χ3n) is 4.16. The Labute approximate surface area is 140 Å². The molecule has 2 unspecified atom stereocenters. The molecular weight excluding hydrogens is 312 g/mol. The fourth-order valence-electron chi connectivity index (χ4n) is 2.42. The molecule has 0 aliphatic heterocycles. The molecule has 5 heteroatoms. The highest BCUT2D eigenvalue weighted by atomic mass is 19.1.